The molecule has 2 N–H and O–H groups in total. The number of halogens is 1. The first kappa shape index (κ1) is 18.5. The summed E-state index contributed by atoms with van der Waals surface area (Å²) in [6, 6.07) is 7.94. The summed E-state index contributed by atoms with van der Waals surface area (Å²) in [7, 11) is 0. The lowest BCUT2D eigenvalue weighted by atomic mass is 10.3. The van der Waals surface area contributed by atoms with Gasteiger partial charge in [0.15, 0.2) is 0 Å². The fourth-order valence-corrected chi connectivity index (χ4v) is 2.36. The molecule has 0 aliphatic heterocycles. The molecule has 0 saturated heterocycles. The minimum Gasteiger partial charge on any atom is -0.353 e. The highest BCUT2D eigenvalue weighted by atomic mass is 35.5. The van der Waals surface area contributed by atoms with E-state index in [9.17, 15) is 4.79 Å². The molecule has 1 aromatic carbocycles. The summed E-state index contributed by atoms with van der Waals surface area (Å²) in [6.45, 7) is 6.98. The molecule has 0 spiro atoms. The van der Waals surface area contributed by atoms with E-state index in [1.165, 1.54) is 0 Å². The lowest BCUT2D eigenvalue weighted by Gasteiger charge is -2.09. The summed E-state index contributed by atoms with van der Waals surface area (Å²) in [5.74, 6) is 0.988. The first-order valence-electron chi connectivity index (χ1n) is 7.67. The number of fused-ring (bicyclic) bond motifs is 1. The molecule has 6 heteroatoms. The summed E-state index contributed by atoms with van der Waals surface area (Å²) in [6.07, 6.45) is 1.93. The number of benzene rings is 1. The molecule has 122 valence electrons. The maximum Gasteiger partial charge on any atom is 0.240 e. The number of carbonyl (C=O) groups excluding carboxylic acids is 1. The smallest absolute Gasteiger partial charge is 0.240 e. The van der Waals surface area contributed by atoms with E-state index in [1.54, 1.807) is 0 Å². The van der Waals surface area contributed by atoms with Crippen LogP contribution in [-0.4, -0.2) is 35.1 Å². The van der Waals surface area contributed by atoms with Crippen molar-refractivity contribution in [1.82, 2.24) is 20.2 Å². The second kappa shape index (κ2) is 9.43. The normalized spacial score (nSPS) is 10.5. The van der Waals surface area contributed by atoms with Crippen LogP contribution in [0.5, 0.6) is 0 Å². The molecule has 2 aromatic rings. The average molecular weight is 325 g/mol. The molecule has 2 rings (SSSR count). The summed E-state index contributed by atoms with van der Waals surface area (Å²) < 4.78 is 2.00. The third-order valence-electron chi connectivity index (χ3n) is 3.40. The van der Waals surface area contributed by atoms with Gasteiger partial charge in [0.2, 0.25) is 5.91 Å². The summed E-state index contributed by atoms with van der Waals surface area (Å²) in [4.78, 5) is 16.6. The Balaban J connectivity index is 0.00000242. The molecule has 0 aliphatic carbocycles. The van der Waals surface area contributed by atoms with Crippen LogP contribution in [0.2, 0.25) is 0 Å². The van der Waals surface area contributed by atoms with Gasteiger partial charge in [-0.05, 0) is 25.1 Å². The van der Waals surface area contributed by atoms with Crippen molar-refractivity contribution in [2.75, 3.05) is 19.6 Å². The Kier molecular flexibility index (Phi) is 7.91. The monoisotopic (exact) mass is 324 g/mol. The van der Waals surface area contributed by atoms with Gasteiger partial charge in [-0.25, -0.2) is 4.98 Å². The summed E-state index contributed by atoms with van der Waals surface area (Å²) >= 11 is 0. The number of para-hydroxylation sites is 2. The third-order valence-corrected chi connectivity index (χ3v) is 3.40. The van der Waals surface area contributed by atoms with E-state index in [2.05, 4.69) is 29.5 Å². The predicted octanol–water partition coefficient (Wildman–Crippen LogP) is 2.14. The Bertz CT molecular complexity index is 597. The largest absolute Gasteiger partial charge is 0.353 e. The number of amides is 1. The number of hydrogen-bond acceptors (Lipinski definition) is 3. The molecule has 5 nitrogen and oxygen atoms in total. The van der Waals surface area contributed by atoms with Crippen molar-refractivity contribution >= 4 is 29.3 Å². The van der Waals surface area contributed by atoms with Gasteiger partial charge in [-0.3, -0.25) is 4.79 Å². The Morgan fingerprint density at radius 2 is 1.95 bits per heavy atom. The van der Waals surface area contributed by atoms with Crippen molar-refractivity contribution < 1.29 is 4.79 Å². The van der Waals surface area contributed by atoms with E-state index in [1.807, 2.05) is 28.8 Å². The van der Waals surface area contributed by atoms with Gasteiger partial charge >= 0.3 is 0 Å². The number of aryl methyl sites for hydroxylation is 1. The van der Waals surface area contributed by atoms with Crippen molar-refractivity contribution in [2.45, 2.75) is 33.2 Å². The number of hydrogen-bond donors (Lipinski definition) is 2. The first-order chi connectivity index (χ1) is 10.3. The predicted molar refractivity (Wildman–Crippen MR) is 92.5 cm³/mol. The van der Waals surface area contributed by atoms with E-state index in [0.29, 0.717) is 13.1 Å². The van der Waals surface area contributed by atoms with Crippen LogP contribution in [-0.2, 0) is 17.8 Å². The van der Waals surface area contributed by atoms with Gasteiger partial charge in [0.1, 0.15) is 12.4 Å². The minimum atomic E-state index is 0. The molecule has 0 unspecified atom stereocenters. The molecule has 1 aromatic heterocycles. The van der Waals surface area contributed by atoms with Crippen LogP contribution in [0.25, 0.3) is 11.0 Å². The Morgan fingerprint density at radius 1 is 1.18 bits per heavy atom. The number of imidazole rings is 1. The zero-order chi connectivity index (χ0) is 15.1. The average Bonchev–Trinajstić information content (AvgIpc) is 2.85. The van der Waals surface area contributed by atoms with Crippen molar-refractivity contribution in [3.63, 3.8) is 0 Å². The number of nitrogens with one attached hydrogen (secondary N) is 2. The number of carbonyl (C=O) groups is 1. The van der Waals surface area contributed by atoms with Crippen LogP contribution < -0.4 is 10.6 Å². The fraction of sp³-hybridized carbons (Fsp3) is 0.500. The summed E-state index contributed by atoms with van der Waals surface area (Å²) in [5.41, 5.74) is 1.97. The number of nitrogens with zero attached hydrogens (tertiary/aromatic N) is 2. The molecular formula is C16H25ClN4O. The van der Waals surface area contributed by atoms with E-state index in [4.69, 9.17) is 0 Å². The highest BCUT2D eigenvalue weighted by Gasteiger charge is 2.11. The van der Waals surface area contributed by atoms with Crippen LogP contribution in [0, 0.1) is 0 Å². The fourth-order valence-electron chi connectivity index (χ4n) is 2.36. The molecule has 0 saturated carbocycles. The van der Waals surface area contributed by atoms with Crippen molar-refractivity contribution in [2.24, 2.45) is 0 Å². The van der Waals surface area contributed by atoms with Gasteiger partial charge in [0.05, 0.1) is 11.0 Å². The Labute approximate surface area is 137 Å². The van der Waals surface area contributed by atoms with E-state index in [-0.39, 0.29) is 18.3 Å². The van der Waals surface area contributed by atoms with Crippen LogP contribution in [0.4, 0.5) is 0 Å². The molecule has 0 fully saturated rings. The molecule has 0 bridgehead atoms. The molecule has 0 aliphatic rings. The lowest BCUT2D eigenvalue weighted by molar-refractivity contribution is -0.121. The van der Waals surface area contributed by atoms with Crippen LogP contribution >= 0.6 is 12.4 Å². The summed E-state index contributed by atoms with van der Waals surface area (Å²) in [5, 5.41) is 6.21. The van der Waals surface area contributed by atoms with Crippen molar-refractivity contribution in [3.8, 4) is 0 Å². The molecule has 1 amide bonds. The quantitative estimate of drug-likeness (QED) is 0.731. The van der Waals surface area contributed by atoms with E-state index >= 15 is 0 Å². The van der Waals surface area contributed by atoms with Gasteiger partial charge < -0.3 is 15.2 Å². The van der Waals surface area contributed by atoms with Crippen LogP contribution in [0.3, 0.4) is 0 Å². The van der Waals surface area contributed by atoms with Gasteiger partial charge in [0, 0.05) is 19.5 Å². The van der Waals surface area contributed by atoms with E-state index in [0.717, 1.165) is 42.8 Å². The van der Waals surface area contributed by atoms with Crippen molar-refractivity contribution in [1.29, 1.82) is 0 Å². The second-order valence-corrected chi connectivity index (χ2v) is 5.06. The maximum atomic E-state index is 12.1. The second-order valence-electron chi connectivity index (χ2n) is 5.06. The standard InChI is InChI=1S/C16H24N4O.ClH/c1-3-9-17-10-11-18-16(21)12-20-14-8-6-5-7-13(14)19-15(20)4-2;/h5-8,17H,3-4,9-12H2,1-2H3,(H,18,21);1H. The topological polar surface area (TPSA) is 58.9 Å². The SMILES string of the molecule is CCCNCCNC(=O)Cn1c(CC)nc2ccccc21.Cl. The molecule has 0 radical (unpaired) electrons. The van der Waals surface area contributed by atoms with Gasteiger partial charge in [-0.15, -0.1) is 12.4 Å². The molecule has 22 heavy (non-hydrogen) atoms. The van der Waals surface area contributed by atoms with Gasteiger partial charge in [0.25, 0.3) is 0 Å². The van der Waals surface area contributed by atoms with Crippen LogP contribution in [0.1, 0.15) is 26.1 Å². The number of rotatable bonds is 8. The minimum absolute atomic E-state index is 0. The zero-order valence-electron chi connectivity index (χ0n) is 13.3. The third kappa shape index (κ3) is 4.71. The Hall–Kier alpha value is -1.59. The lowest BCUT2D eigenvalue weighted by Crippen LogP contribution is -2.34. The van der Waals surface area contributed by atoms with E-state index < -0.39 is 0 Å². The molecule has 1 heterocycles. The molecular weight excluding hydrogens is 300 g/mol. The van der Waals surface area contributed by atoms with Gasteiger partial charge in [-0.2, -0.15) is 0 Å². The highest BCUT2D eigenvalue weighted by molar-refractivity contribution is 5.85. The highest BCUT2D eigenvalue weighted by Crippen LogP contribution is 2.16. The number of aromatic nitrogens is 2. The first-order valence-corrected chi connectivity index (χ1v) is 7.67. The maximum absolute atomic E-state index is 12.1. The van der Waals surface area contributed by atoms with Crippen molar-refractivity contribution in [3.05, 3.63) is 30.1 Å². The van der Waals surface area contributed by atoms with Crippen LogP contribution in [0.15, 0.2) is 24.3 Å². The Morgan fingerprint density at radius 3 is 2.68 bits per heavy atom. The van der Waals surface area contributed by atoms with Gasteiger partial charge in [-0.1, -0.05) is 26.0 Å². The zero-order valence-corrected chi connectivity index (χ0v) is 14.1. The molecule has 0 atom stereocenters.